The van der Waals surface area contributed by atoms with Gasteiger partial charge in [0, 0.05) is 6.42 Å². The number of hydrogen-bond donors (Lipinski definition) is 0. The van der Waals surface area contributed by atoms with Crippen LogP contribution in [0.3, 0.4) is 0 Å². The van der Waals surface area contributed by atoms with Crippen LogP contribution in [0.1, 0.15) is 31.7 Å². The maximum atomic E-state index is 10.4. The molecule has 14 heavy (non-hydrogen) atoms. The molecule has 1 unspecified atom stereocenters. The normalized spacial score (nSPS) is 12.1. The minimum Gasteiger partial charge on any atom is -0.494 e. The third-order valence-corrected chi connectivity index (χ3v) is 2.20. The maximum Gasteiger partial charge on any atom is 0.122 e. The standard InChI is InChI=1S/C12H16O2/c1-3-14-12-7-5-4-6-11(12)10(2)8-9-13/h4-7,9-10H,3,8H2,1-2H3. The average Bonchev–Trinajstić information content (AvgIpc) is 2.19. The highest BCUT2D eigenvalue weighted by Gasteiger charge is 2.09. The molecule has 0 amide bonds. The zero-order chi connectivity index (χ0) is 10.4. The Morgan fingerprint density at radius 1 is 1.43 bits per heavy atom. The summed E-state index contributed by atoms with van der Waals surface area (Å²) in [6.45, 7) is 4.65. The molecule has 0 N–H and O–H groups in total. The summed E-state index contributed by atoms with van der Waals surface area (Å²) in [5, 5.41) is 0. The highest BCUT2D eigenvalue weighted by molar-refractivity contribution is 5.52. The van der Waals surface area contributed by atoms with E-state index in [9.17, 15) is 4.79 Å². The van der Waals surface area contributed by atoms with Gasteiger partial charge in [-0.15, -0.1) is 0 Å². The molecule has 1 rings (SSSR count). The largest absolute Gasteiger partial charge is 0.494 e. The highest BCUT2D eigenvalue weighted by atomic mass is 16.5. The van der Waals surface area contributed by atoms with Crippen LogP contribution in [0, 0.1) is 0 Å². The summed E-state index contributed by atoms with van der Waals surface area (Å²) < 4.78 is 5.49. The van der Waals surface area contributed by atoms with Crippen LogP contribution in [0.4, 0.5) is 0 Å². The van der Waals surface area contributed by atoms with E-state index < -0.39 is 0 Å². The van der Waals surface area contributed by atoms with Crippen LogP contribution < -0.4 is 4.74 Å². The Hall–Kier alpha value is -1.31. The van der Waals surface area contributed by atoms with Crippen LogP contribution in [0.2, 0.25) is 0 Å². The number of carbonyl (C=O) groups is 1. The average molecular weight is 192 g/mol. The predicted molar refractivity (Wildman–Crippen MR) is 56.7 cm³/mol. The van der Waals surface area contributed by atoms with Crippen molar-refractivity contribution in [1.29, 1.82) is 0 Å². The summed E-state index contributed by atoms with van der Waals surface area (Å²) in [6.07, 6.45) is 1.50. The van der Waals surface area contributed by atoms with Crippen molar-refractivity contribution < 1.29 is 9.53 Å². The number of ether oxygens (including phenoxy) is 1. The quantitative estimate of drug-likeness (QED) is 0.670. The molecule has 76 valence electrons. The molecule has 1 atom stereocenters. The summed E-state index contributed by atoms with van der Waals surface area (Å²) >= 11 is 0. The van der Waals surface area contributed by atoms with Crippen LogP contribution in [-0.4, -0.2) is 12.9 Å². The lowest BCUT2D eigenvalue weighted by atomic mass is 9.97. The monoisotopic (exact) mass is 192 g/mol. The fourth-order valence-corrected chi connectivity index (χ4v) is 1.45. The Morgan fingerprint density at radius 2 is 2.14 bits per heavy atom. The second-order valence-corrected chi connectivity index (χ2v) is 3.27. The van der Waals surface area contributed by atoms with Gasteiger partial charge in [0.2, 0.25) is 0 Å². The molecular formula is C12H16O2. The first-order chi connectivity index (χ1) is 6.79. The summed E-state index contributed by atoms with van der Waals surface area (Å²) in [5.74, 6) is 1.12. The molecule has 0 radical (unpaired) electrons. The van der Waals surface area contributed by atoms with Gasteiger partial charge in [0.25, 0.3) is 0 Å². The lowest BCUT2D eigenvalue weighted by Gasteiger charge is -2.13. The van der Waals surface area contributed by atoms with Crippen LogP contribution in [-0.2, 0) is 4.79 Å². The summed E-state index contributed by atoms with van der Waals surface area (Å²) in [6, 6.07) is 7.88. The molecule has 0 bridgehead atoms. The molecule has 0 spiro atoms. The molecule has 0 saturated heterocycles. The number of para-hydroxylation sites is 1. The highest BCUT2D eigenvalue weighted by Crippen LogP contribution is 2.27. The van der Waals surface area contributed by atoms with Crippen molar-refractivity contribution in [3.8, 4) is 5.75 Å². The zero-order valence-electron chi connectivity index (χ0n) is 8.69. The lowest BCUT2D eigenvalue weighted by molar-refractivity contribution is -0.108. The third kappa shape index (κ3) is 2.59. The van der Waals surface area contributed by atoms with Gasteiger partial charge in [-0.3, -0.25) is 0 Å². The van der Waals surface area contributed by atoms with Crippen molar-refractivity contribution >= 4 is 6.29 Å². The molecular weight excluding hydrogens is 176 g/mol. The van der Waals surface area contributed by atoms with Gasteiger partial charge in [-0.1, -0.05) is 25.1 Å². The zero-order valence-corrected chi connectivity index (χ0v) is 8.69. The fourth-order valence-electron chi connectivity index (χ4n) is 1.45. The molecule has 0 aromatic heterocycles. The molecule has 0 aliphatic carbocycles. The van der Waals surface area contributed by atoms with Crippen LogP contribution >= 0.6 is 0 Å². The van der Waals surface area contributed by atoms with Gasteiger partial charge >= 0.3 is 0 Å². The van der Waals surface area contributed by atoms with Crippen LogP contribution in [0.15, 0.2) is 24.3 Å². The van der Waals surface area contributed by atoms with Gasteiger partial charge in [-0.25, -0.2) is 0 Å². The van der Waals surface area contributed by atoms with Crippen molar-refractivity contribution in [3.05, 3.63) is 29.8 Å². The van der Waals surface area contributed by atoms with Gasteiger partial charge in [0.1, 0.15) is 12.0 Å². The topological polar surface area (TPSA) is 26.3 Å². The van der Waals surface area contributed by atoms with Gasteiger partial charge in [-0.05, 0) is 24.5 Å². The van der Waals surface area contributed by atoms with Crippen molar-refractivity contribution in [2.24, 2.45) is 0 Å². The first-order valence-corrected chi connectivity index (χ1v) is 4.95. The Bertz CT molecular complexity index is 294. The van der Waals surface area contributed by atoms with Crippen LogP contribution in [0.5, 0.6) is 5.75 Å². The van der Waals surface area contributed by atoms with E-state index >= 15 is 0 Å². The van der Waals surface area contributed by atoms with Gasteiger partial charge in [0.15, 0.2) is 0 Å². The Kier molecular flexibility index (Phi) is 4.17. The number of rotatable bonds is 5. The smallest absolute Gasteiger partial charge is 0.122 e. The molecule has 2 nitrogen and oxygen atoms in total. The van der Waals surface area contributed by atoms with E-state index in [0.717, 1.165) is 17.6 Å². The van der Waals surface area contributed by atoms with Gasteiger partial charge < -0.3 is 9.53 Å². The first kappa shape index (κ1) is 10.8. The van der Waals surface area contributed by atoms with Gasteiger partial charge in [-0.2, -0.15) is 0 Å². The van der Waals surface area contributed by atoms with E-state index in [-0.39, 0.29) is 5.92 Å². The van der Waals surface area contributed by atoms with Crippen molar-refractivity contribution in [1.82, 2.24) is 0 Å². The number of hydrogen-bond acceptors (Lipinski definition) is 2. The predicted octanol–water partition coefficient (Wildman–Crippen LogP) is 2.78. The first-order valence-electron chi connectivity index (χ1n) is 4.95. The third-order valence-electron chi connectivity index (χ3n) is 2.20. The maximum absolute atomic E-state index is 10.4. The Labute approximate surface area is 84.9 Å². The minimum atomic E-state index is 0.232. The summed E-state index contributed by atoms with van der Waals surface area (Å²) in [7, 11) is 0. The molecule has 1 aromatic carbocycles. The Morgan fingerprint density at radius 3 is 2.79 bits per heavy atom. The van der Waals surface area contributed by atoms with E-state index in [1.54, 1.807) is 0 Å². The Balaban J connectivity index is 2.87. The van der Waals surface area contributed by atoms with E-state index in [4.69, 9.17) is 4.74 Å². The van der Waals surface area contributed by atoms with E-state index in [1.807, 2.05) is 38.1 Å². The van der Waals surface area contributed by atoms with Gasteiger partial charge in [0.05, 0.1) is 6.61 Å². The molecule has 0 aliphatic rings. The van der Waals surface area contributed by atoms with E-state index in [2.05, 4.69) is 0 Å². The second-order valence-electron chi connectivity index (χ2n) is 3.27. The van der Waals surface area contributed by atoms with Crippen molar-refractivity contribution in [2.75, 3.05) is 6.61 Å². The summed E-state index contributed by atoms with van der Waals surface area (Å²) in [5.41, 5.74) is 1.11. The molecule has 0 heterocycles. The minimum absolute atomic E-state index is 0.232. The van der Waals surface area contributed by atoms with Crippen molar-refractivity contribution in [3.63, 3.8) is 0 Å². The molecule has 0 aliphatic heterocycles. The number of carbonyl (C=O) groups excluding carboxylic acids is 1. The molecule has 0 fully saturated rings. The molecule has 2 heteroatoms. The SMILES string of the molecule is CCOc1ccccc1C(C)CC=O. The van der Waals surface area contributed by atoms with Crippen molar-refractivity contribution in [2.45, 2.75) is 26.2 Å². The summed E-state index contributed by atoms with van der Waals surface area (Å²) in [4.78, 5) is 10.4. The lowest BCUT2D eigenvalue weighted by Crippen LogP contribution is -2.00. The second kappa shape index (κ2) is 5.43. The van der Waals surface area contributed by atoms with E-state index in [1.165, 1.54) is 0 Å². The number of aldehydes is 1. The molecule has 0 saturated carbocycles. The number of benzene rings is 1. The van der Waals surface area contributed by atoms with E-state index in [0.29, 0.717) is 13.0 Å². The van der Waals surface area contributed by atoms with Crippen LogP contribution in [0.25, 0.3) is 0 Å². The molecule has 1 aromatic rings. The fraction of sp³-hybridized carbons (Fsp3) is 0.417.